The summed E-state index contributed by atoms with van der Waals surface area (Å²) in [5.74, 6) is -0.340. The molecule has 1 N–H and O–H groups in total. The van der Waals surface area contributed by atoms with Gasteiger partial charge in [-0.15, -0.1) is 0 Å². The highest BCUT2D eigenvalue weighted by Gasteiger charge is 2.46. The molecule has 3 aromatic rings. The second-order valence-electron chi connectivity index (χ2n) is 8.65. The quantitative estimate of drug-likeness (QED) is 0.273. The number of nitrogens with zero attached hydrogens (tertiary/aromatic N) is 1. The first-order valence-electron chi connectivity index (χ1n) is 11.6. The molecule has 0 aliphatic carbocycles. The van der Waals surface area contributed by atoms with Gasteiger partial charge in [0.2, 0.25) is 0 Å². The van der Waals surface area contributed by atoms with Crippen molar-refractivity contribution < 1.29 is 24.2 Å². The van der Waals surface area contributed by atoms with Gasteiger partial charge in [0.1, 0.15) is 17.3 Å². The van der Waals surface area contributed by atoms with E-state index in [1.54, 1.807) is 55.6 Å². The van der Waals surface area contributed by atoms with E-state index in [9.17, 15) is 14.7 Å². The molecule has 0 aromatic heterocycles. The fourth-order valence-electron chi connectivity index (χ4n) is 4.21. The lowest BCUT2D eigenvalue weighted by Crippen LogP contribution is -2.29. The van der Waals surface area contributed by atoms with Crippen molar-refractivity contribution in [2.45, 2.75) is 39.3 Å². The van der Waals surface area contributed by atoms with Gasteiger partial charge in [0.25, 0.3) is 11.7 Å². The number of carbonyl (C=O) groups excluding carboxylic acids is 2. The molecule has 1 atom stereocenters. The molecule has 1 unspecified atom stereocenters. The van der Waals surface area contributed by atoms with Crippen LogP contribution in [0.4, 0.5) is 5.69 Å². The largest absolute Gasteiger partial charge is 0.507 e. The van der Waals surface area contributed by atoms with Crippen LogP contribution in [0.5, 0.6) is 11.5 Å². The summed E-state index contributed by atoms with van der Waals surface area (Å²) in [6, 6.07) is 20.7. The second-order valence-corrected chi connectivity index (χ2v) is 8.65. The number of aliphatic hydroxyl groups is 1. The van der Waals surface area contributed by atoms with Gasteiger partial charge in [-0.3, -0.25) is 14.5 Å². The highest BCUT2D eigenvalue weighted by Crippen LogP contribution is 2.42. The third kappa shape index (κ3) is 4.78. The predicted octanol–water partition coefficient (Wildman–Crippen LogP) is 5.67. The van der Waals surface area contributed by atoms with Crippen LogP contribution in [-0.2, 0) is 16.0 Å². The molecule has 0 bridgehead atoms. The van der Waals surface area contributed by atoms with Crippen molar-refractivity contribution in [1.82, 2.24) is 0 Å². The van der Waals surface area contributed by atoms with Crippen molar-refractivity contribution in [3.63, 3.8) is 0 Å². The molecular weight excluding hydrogens is 442 g/mol. The third-order valence-corrected chi connectivity index (χ3v) is 6.00. The van der Waals surface area contributed by atoms with Crippen LogP contribution in [0.1, 0.15) is 43.5 Å². The van der Waals surface area contributed by atoms with Gasteiger partial charge in [-0.2, -0.15) is 0 Å². The van der Waals surface area contributed by atoms with Gasteiger partial charge in [0, 0.05) is 11.3 Å². The average Bonchev–Trinajstić information content (AvgIpc) is 3.14. The number of hydrogen-bond acceptors (Lipinski definition) is 5. The van der Waals surface area contributed by atoms with E-state index in [0.29, 0.717) is 28.3 Å². The van der Waals surface area contributed by atoms with Crippen molar-refractivity contribution in [2.75, 3.05) is 12.0 Å². The van der Waals surface area contributed by atoms with Crippen LogP contribution >= 0.6 is 0 Å². The van der Waals surface area contributed by atoms with Crippen LogP contribution < -0.4 is 14.4 Å². The molecule has 6 heteroatoms. The van der Waals surface area contributed by atoms with E-state index in [0.717, 1.165) is 12.0 Å². The van der Waals surface area contributed by atoms with Crippen molar-refractivity contribution >= 4 is 23.1 Å². The molecule has 1 saturated heterocycles. The number of rotatable bonds is 7. The van der Waals surface area contributed by atoms with E-state index in [2.05, 4.69) is 6.92 Å². The number of ether oxygens (including phenoxy) is 2. The molecule has 1 aliphatic rings. The highest BCUT2D eigenvalue weighted by atomic mass is 16.5. The third-order valence-electron chi connectivity index (χ3n) is 6.00. The SMILES string of the molecule is CCc1ccc(N2C(=O)C(=O)/C(=C(/O)c3ccc(OC(C)C)cc3)C2c2ccc(OC)cc2)cc1. The summed E-state index contributed by atoms with van der Waals surface area (Å²) in [4.78, 5) is 28.0. The van der Waals surface area contributed by atoms with Gasteiger partial charge in [0.15, 0.2) is 0 Å². The van der Waals surface area contributed by atoms with E-state index in [1.807, 2.05) is 38.1 Å². The van der Waals surface area contributed by atoms with E-state index >= 15 is 0 Å². The zero-order valence-corrected chi connectivity index (χ0v) is 20.3. The number of amides is 1. The number of Topliss-reactive ketones (excluding diaryl/α,β-unsaturated/α-hetero) is 1. The van der Waals surface area contributed by atoms with E-state index < -0.39 is 17.7 Å². The van der Waals surface area contributed by atoms with Crippen LogP contribution in [-0.4, -0.2) is 30.0 Å². The monoisotopic (exact) mass is 471 g/mol. The molecule has 180 valence electrons. The van der Waals surface area contributed by atoms with Crippen LogP contribution in [0.25, 0.3) is 5.76 Å². The predicted molar refractivity (Wildman–Crippen MR) is 136 cm³/mol. The van der Waals surface area contributed by atoms with Crippen molar-refractivity contribution in [2.24, 2.45) is 0 Å². The summed E-state index contributed by atoms with van der Waals surface area (Å²) in [5.41, 5.74) is 2.86. The molecule has 6 nitrogen and oxygen atoms in total. The summed E-state index contributed by atoms with van der Waals surface area (Å²) in [6.07, 6.45) is 0.867. The average molecular weight is 472 g/mol. The maximum atomic E-state index is 13.3. The number of hydrogen-bond donors (Lipinski definition) is 1. The molecule has 35 heavy (non-hydrogen) atoms. The van der Waals surface area contributed by atoms with Gasteiger partial charge in [0.05, 0.1) is 24.8 Å². The van der Waals surface area contributed by atoms with Crippen molar-refractivity contribution in [3.8, 4) is 11.5 Å². The number of methoxy groups -OCH3 is 1. The number of aryl methyl sites for hydroxylation is 1. The maximum Gasteiger partial charge on any atom is 0.300 e. The normalized spacial score (nSPS) is 17.2. The Balaban J connectivity index is 1.84. The fraction of sp³-hybridized carbons (Fsp3) is 0.241. The Bertz CT molecular complexity index is 1240. The lowest BCUT2D eigenvalue weighted by Gasteiger charge is -2.25. The standard InChI is InChI=1S/C29H29NO5/c1-5-19-6-12-22(13-7-19)30-26(20-8-14-23(34-4)15-9-20)25(28(32)29(30)33)27(31)21-10-16-24(17-11-21)35-18(2)3/h6-18,26,31H,5H2,1-4H3/b27-25+. The Morgan fingerprint density at radius 3 is 2.06 bits per heavy atom. The first kappa shape index (κ1) is 24.1. The molecule has 4 rings (SSSR count). The number of ketones is 1. The van der Waals surface area contributed by atoms with Crippen LogP contribution in [0.15, 0.2) is 78.4 Å². The summed E-state index contributed by atoms with van der Waals surface area (Å²) in [5, 5.41) is 11.3. The lowest BCUT2D eigenvalue weighted by molar-refractivity contribution is -0.132. The zero-order valence-electron chi connectivity index (χ0n) is 20.3. The summed E-state index contributed by atoms with van der Waals surface area (Å²) in [7, 11) is 1.57. The van der Waals surface area contributed by atoms with Gasteiger partial charge in [-0.05, 0) is 79.9 Å². The van der Waals surface area contributed by atoms with Crippen LogP contribution in [0, 0.1) is 0 Å². The van der Waals surface area contributed by atoms with Gasteiger partial charge in [-0.25, -0.2) is 0 Å². The van der Waals surface area contributed by atoms with E-state index in [1.165, 1.54) is 4.90 Å². The Morgan fingerprint density at radius 2 is 1.51 bits per heavy atom. The Hall–Kier alpha value is -4.06. The minimum Gasteiger partial charge on any atom is -0.507 e. The molecule has 3 aromatic carbocycles. The molecular formula is C29H29NO5. The summed E-state index contributed by atoms with van der Waals surface area (Å²) >= 11 is 0. The summed E-state index contributed by atoms with van der Waals surface area (Å²) in [6.45, 7) is 5.91. The second kappa shape index (κ2) is 10.1. The zero-order chi connectivity index (χ0) is 25.1. The minimum atomic E-state index is -0.792. The van der Waals surface area contributed by atoms with Crippen LogP contribution in [0.3, 0.4) is 0 Å². The first-order valence-corrected chi connectivity index (χ1v) is 11.6. The van der Waals surface area contributed by atoms with Gasteiger partial charge >= 0.3 is 0 Å². The Morgan fingerprint density at radius 1 is 0.914 bits per heavy atom. The topological polar surface area (TPSA) is 76.1 Å². The summed E-state index contributed by atoms with van der Waals surface area (Å²) < 4.78 is 11.0. The molecule has 0 spiro atoms. The van der Waals surface area contributed by atoms with Crippen molar-refractivity contribution in [3.05, 3.63) is 95.1 Å². The minimum absolute atomic E-state index is 0.00828. The van der Waals surface area contributed by atoms with Crippen molar-refractivity contribution in [1.29, 1.82) is 0 Å². The fourth-order valence-corrected chi connectivity index (χ4v) is 4.21. The molecule has 0 radical (unpaired) electrons. The Labute approximate surface area is 205 Å². The molecule has 0 saturated carbocycles. The molecule has 1 heterocycles. The molecule has 1 aliphatic heterocycles. The highest BCUT2D eigenvalue weighted by molar-refractivity contribution is 6.51. The lowest BCUT2D eigenvalue weighted by atomic mass is 9.95. The number of anilines is 1. The van der Waals surface area contributed by atoms with E-state index in [-0.39, 0.29) is 17.4 Å². The Kier molecular flexibility index (Phi) is 6.92. The number of carbonyl (C=O) groups is 2. The number of benzene rings is 3. The van der Waals surface area contributed by atoms with Gasteiger partial charge < -0.3 is 14.6 Å². The van der Waals surface area contributed by atoms with Gasteiger partial charge in [-0.1, -0.05) is 31.2 Å². The number of aliphatic hydroxyl groups excluding tert-OH is 1. The molecule has 1 fully saturated rings. The maximum absolute atomic E-state index is 13.3. The smallest absolute Gasteiger partial charge is 0.300 e. The van der Waals surface area contributed by atoms with E-state index in [4.69, 9.17) is 9.47 Å². The van der Waals surface area contributed by atoms with Crippen LogP contribution in [0.2, 0.25) is 0 Å². The first-order chi connectivity index (χ1) is 16.8. The molecule has 1 amide bonds.